The number of carbonyl (C=O) groups is 1. The molecule has 16 heavy (non-hydrogen) atoms. The Hall–Kier alpha value is -1.43. The lowest BCUT2D eigenvalue weighted by molar-refractivity contribution is 0.0827. The highest BCUT2D eigenvalue weighted by molar-refractivity contribution is 7.85. The molecule has 0 saturated carbocycles. The van der Waals surface area contributed by atoms with Gasteiger partial charge in [0, 0.05) is 19.7 Å². The van der Waals surface area contributed by atoms with Gasteiger partial charge in [-0.1, -0.05) is 12.1 Å². The van der Waals surface area contributed by atoms with Crippen LogP contribution >= 0.6 is 0 Å². The Morgan fingerprint density at radius 1 is 1.25 bits per heavy atom. The maximum absolute atomic E-state index is 12.4. The Bertz CT molecular complexity index is 479. The Labute approximate surface area is 93.9 Å². The monoisotopic (exact) mass is 245 g/mol. The molecule has 0 heterocycles. The van der Waals surface area contributed by atoms with E-state index in [0.29, 0.717) is 11.1 Å². The molecule has 1 aromatic carbocycles. The molecule has 0 bridgehead atoms. The van der Waals surface area contributed by atoms with Crippen molar-refractivity contribution >= 4 is 16.1 Å². The lowest BCUT2D eigenvalue weighted by Gasteiger charge is -2.10. The van der Waals surface area contributed by atoms with Crippen LogP contribution in [0.15, 0.2) is 24.3 Å². The van der Waals surface area contributed by atoms with E-state index < -0.39 is 16.0 Å². The summed E-state index contributed by atoms with van der Waals surface area (Å²) in [5.41, 5.74) is 0.753. The fraction of sp³-hybridized carbons (Fsp3) is 0.300. The molecule has 0 unspecified atom stereocenters. The molecule has 0 aliphatic carbocycles. The summed E-state index contributed by atoms with van der Waals surface area (Å²) in [6.07, 6.45) is 0. The SMILES string of the molecule is CN(C)C(=O)c1ccc(CS(=O)(=O)F)cc1. The maximum Gasteiger partial charge on any atom is 0.306 e. The van der Waals surface area contributed by atoms with Crippen molar-refractivity contribution in [3.63, 3.8) is 0 Å². The normalized spacial score (nSPS) is 11.2. The second-order valence-electron chi connectivity index (χ2n) is 3.58. The van der Waals surface area contributed by atoms with E-state index in [0.717, 1.165) is 0 Å². The van der Waals surface area contributed by atoms with Gasteiger partial charge >= 0.3 is 10.2 Å². The van der Waals surface area contributed by atoms with E-state index in [1.54, 1.807) is 14.1 Å². The van der Waals surface area contributed by atoms with Gasteiger partial charge in [-0.05, 0) is 17.7 Å². The molecule has 0 spiro atoms. The minimum absolute atomic E-state index is 0.186. The van der Waals surface area contributed by atoms with Crippen LogP contribution in [0, 0.1) is 0 Å². The summed E-state index contributed by atoms with van der Waals surface area (Å²) in [6.45, 7) is 0. The van der Waals surface area contributed by atoms with E-state index in [9.17, 15) is 17.1 Å². The summed E-state index contributed by atoms with van der Waals surface area (Å²) < 4.78 is 33.1. The fourth-order valence-electron chi connectivity index (χ4n) is 1.20. The minimum atomic E-state index is -4.52. The zero-order valence-electron chi connectivity index (χ0n) is 8.97. The average Bonchev–Trinajstić information content (AvgIpc) is 2.15. The van der Waals surface area contributed by atoms with E-state index in [1.807, 2.05) is 0 Å². The van der Waals surface area contributed by atoms with Gasteiger partial charge in [0.05, 0.1) is 0 Å². The van der Waals surface area contributed by atoms with Crippen molar-refractivity contribution in [1.29, 1.82) is 0 Å². The molecule has 0 aromatic heterocycles. The van der Waals surface area contributed by atoms with Crippen molar-refractivity contribution in [3.8, 4) is 0 Å². The van der Waals surface area contributed by atoms with Crippen LogP contribution in [0.4, 0.5) is 3.89 Å². The molecule has 0 atom stereocenters. The Kier molecular flexibility index (Phi) is 3.64. The fourth-order valence-corrected chi connectivity index (χ4v) is 1.79. The summed E-state index contributed by atoms with van der Waals surface area (Å²) in [4.78, 5) is 12.9. The molecule has 0 N–H and O–H groups in total. The summed E-state index contributed by atoms with van der Waals surface area (Å²) >= 11 is 0. The lowest BCUT2D eigenvalue weighted by Crippen LogP contribution is -2.21. The average molecular weight is 245 g/mol. The first-order chi connectivity index (χ1) is 7.29. The van der Waals surface area contributed by atoms with E-state index >= 15 is 0 Å². The van der Waals surface area contributed by atoms with Crippen LogP contribution in [-0.2, 0) is 16.0 Å². The van der Waals surface area contributed by atoms with E-state index in [2.05, 4.69) is 0 Å². The Morgan fingerprint density at radius 2 is 1.75 bits per heavy atom. The van der Waals surface area contributed by atoms with Gasteiger partial charge in [-0.2, -0.15) is 8.42 Å². The molecular formula is C10H12FNO3S. The number of halogens is 1. The highest BCUT2D eigenvalue weighted by Crippen LogP contribution is 2.10. The van der Waals surface area contributed by atoms with Crippen molar-refractivity contribution in [3.05, 3.63) is 35.4 Å². The first-order valence-corrected chi connectivity index (χ1v) is 6.08. The molecule has 0 fully saturated rings. The summed E-state index contributed by atoms with van der Waals surface area (Å²) in [7, 11) is -1.30. The number of hydrogen-bond donors (Lipinski definition) is 0. The topological polar surface area (TPSA) is 54.5 Å². The first kappa shape index (κ1) is 12.6. The van der Waals surface area contributed by atoms with Crippen LogP contribution in [0.3, 0.4) is 0 Å². The van der Waals surface area contributed by atoms with Gasteiger partial charge < -0.3 is 4.90 Å². The number of rotatable bonds is 3. The highest BCUT2D eigenvalue weighted by atomic mass is 32.3. The van der Waals surface area contributed by atoms with Crippen molar-refractivity contribution in [2.24, 2.45) is 0 Å². The largest absolute Gasteiger partial charge is 0.345 e. The molecule has 0 saturated heterocycles. The highest BCUT2D eigenvalue weighted by Gasteiger charge is 2.11. The van der Waals surface area contributed by atoms with Crippen LogP contribution in [0.5, 0.6) is 0 Å². The van der Waals surface area contributed by atoms with Crippen molar-refractivity contribution in [2.75, 3.05) is 14.1 Å². The van der Waals surface area contributed by atoms with Crippen LogP contribution in [0.2, 0.25) is 0 Å². The standard InChI is InChI=1S/C10H12FNO3S/c1-12(2)10(13)9-5-3-8(4-6-9)7-16(11,14)15/h3-6H,7H2,1-2H3. The quantitative estimate of drug-likeness (QED) is 0.751. The molecular weight excluding hydrogens is 233 g/mol. The predicted molar refractivity (Wildman–Crippen MR) is 58.2 cm³/mol. The van der Waals surface area contributed by atoms with Crippen LogP contribution in [0.25, 0.3) is 0 Å². The summed E-state index contributed by atoms with van der Waals surface area (Å²) in [5.74, 6) is -0.849. The van der Waals surface area contributed by atoms with Gasteiger partial charge in [0.15, 0.2) is 0 Å². The van der Waals surface area contributed by atoms with Crippen molar-refractivity contribution < 1.29 is 17.1 Å². The number of nitrogens with zero attached hydrogens (tertiary/aromatic N) is 1. The number of benzene rings is 1. The van der Waals surface area contributed by atoms with Gasteiger partial charge in [0.1, 0.15) is 5.75 Å². The van der Waals surface area contributed by atoms with Crippen LogP contribution < -0.4 is 0 Å². The van der Waals surface area contributed by atoms with Gasteiger partial charge in [0.2, 0.25) is 0 Å². The predicted octanol–water partition coefficient (Wildman–Crippen LogP) is 1.19. The molecule has 88 valence electrons. The molecule has 1 amide bonds. The summed E-state index contributed by atoms with van der Waals surface area (Å²) in [6, 6.07) is 5.80. The van der Waals surface area contributed by atoms with Gasteiger partial charge in [-0.3, -0.25) is 4.79 Å². The lowest BCUT2D eigenvalue weighted by atomic mass is 10.1. The summed E-state index contributed by atoms with van der Waals surface area (Å²) in [5, 5.41) is 0. The Morgan fingerprint density at radius 3 is 2.12 bits per heavy atom. The van der Waals surface area contributed by atoms with Crippen LogP contribution in [-0.4, -0.2) is 33.3 Å². The third-order valence-electron chi connectivity index (χ3n) is 1.95. The molecule has 0 radical (unpaired) electrons. The maximum atomic E-state index is 12.4. The van der Waals surface area contributed by atoms with Crippen molar-refractivity contribution in [1.82, 2.24) is 4.90 Å². The molecule has 4 nitrogen and oxygen atoms in total. The Balaban J connectivity index is 2.88. The van der Waals surface area contributed by atoms with Gasteiger partial charge in [-0.25, -0.2) is 0 Å². The van der Waals surface area contributed by atoms with Crippen molar-refractivity contribution in [2.45, 2.75) is 5.75 Å². The number of carbonyl (C=O) groups excluding carboxylic acids is 1. The van der Waals surface area contributed by atoms with E-state index in [4.69, 9.17) is 0 Å². The molecule has 6 heteroatoms. The van der Waals surface area contributed by atoms with Crippen LogP contribution in [0.1, 0.15) is 15.9 Å². The zero-order valence-corrected chi connectivity index (χ0v) is 9.79. The van der Waals surface area contributed by atoms with Gasteiger partial charge in [-0.15, -0.1) is 3.89 Å². The second-order valence-corrected chi connectivity index (χ2v) is 4.95. The number of hydrogen-bond acceptors (Lipinski definition) is 3. The molecule has 1 aromatic rings. The first-order valence-electron chi connectivity index (χ1n) is 4.52. The molecule has 1 rings (SSSR count). The van der Waals surface area contributed by atoms with E-state index in [1.165, 1.54) is 29.2 Å². The minimum Gasteiger partial charge on any atom is -0.345 e. The number of amides is 1. The smallest absolute Gasteiger partial charge is 0.306 e. The zero-order chi connectivity index (χ0) is 12.3. The molecule has 0 aliphatic heterocycles. The van der Waals surface area contributed by atoms with Gasteiger partial charge in [0.25, 0.3) is 5.91 Å². The second kappa shape index (κ2) is 4.61. The third kappa shape index (κ3) is 3.62. The van der Waals surface area contributed by atoms with E-state index in [-0.39, 0.29) is 5.91 Å². The third-order valence-corrected chi connectivity index (χ3v) is 2.62. The molecule has 0 aliphatic rings.